The molecule has 0 aliphatic heterocycles. The first-order chi connectivity index (χ1) is 10.6. The van der Waals surface area contributed by atoms with Gasteiger partial charge in [0.25, 0.3) is 0 Å². The van der Waals surface area contributed by atoms with Gasteiger partial charge in [0.05, 0.1) is 12.2 Å². The zero-order chi connectivity index (χ0) is 16.8. The minimum Gasteiger partial charge on any atom is -0.494 e. The summed E-state index contributed by atoms with van der Waals surface area (Å²) >= 11 is 0. The molecular weight excluding hydrogens is 282 g/mol. The number of carboxylic acid groups (broad SMARTS) is 1. The maximum Gasteiger partial charge on any atom is 0.333 e. The number of hydrogen-bond donors (Lipinski definition) is 4. The lowest BCUT2D eigenvalue weighted by Gasteiger charge is -2.16. The van der Waals surface area contributed by atoms with Crippen LogP contribution in [0.4, 0.5) is 0 Å². The number of allylic oxidation sites excluding steroid dienone is 2. The summed E-state index contributed by atoms with van der Waals surface area (Å²) in [6, 6.07) is 0. The second-order valence-corrected chi connectivity index (χ2v) is 5.06. The molecule has 0 atom stereocenters. The molecule has 0 aliphatic carbocycles. The van der Waals surface area contributed by atoms with Gasteiger partial charge in [-0.25, -0.2) is 4.79 Å². The predicted molar refractivity (Wildman–Crippen MR) is 89.2 cm³/mol. The fourth-order valence-electron chi connectivity index (χ4n) is 2.17. The molecule has 0 aromatic heterocycles. The van der Waals surface area contributed by atoms with E-state index in [0.29, 0.717) is 43.9 Å². The largest absolute Gasteiger partial charge is 0.494 e. The van der Waals surface area contributed by atoms with Crippen LogP contribution in [-0.4, -0.2) is 37.3 Å². The highest BCUT2D eigenvalue weighted by Gasteiger charge is 2.17. The van der Waals surface area contributed by atoms with E-state index in [0.717, 1.165) is 25.7 Å². The van der Waals surface area contributed by atoms with Gasteiger partial charge in [-0.3, -0.25) is 0 Å². The quantitative estimate of drug-likeness (QED) is 0.177. The standard InChI is InChI=1S/C16H31N3O3/c1-2-15(22-11-6-4-3-5-9-17)13(8-7-10-18)14(12-19)16(20)21/h2H,3-12,17-19H2,1H3,(H,20,21)/b14-13-,15-2+. The van der Waals surface area contributed by atoms with E-state index in [1.54, 1.807) is 6.08 Å². The van der Waals surface area contributed by atoms with E-state index in [1.807, 2.05) is 6.92 Å². The molecule has 6 nitrogen and oxygen atoms in total. The van der Waals surface area contributed by atoms with Crippen molar-refractivity contribution in [3.05, 3.63) is 23.0 Å². The highest BCUT2D eigenvalue weighted by atomic mass is 16.5. The maximum absolute atomic E-state index is 11.3. The lowest BCUT2D eigenvalue weighted by molar-refractivity contribution is -0.132. The third-order valence-corrected chi connectivity index (χ3v) is 3.37. The van der Waals surface area contributed by atoms with Crippen molar-refractivity contribution < 1.29 is 14.6 Å². The highest BCUT2D eigenvalue weighted by Crippen LogP contribution is 2.22. The smallest absolute Gasteiger partial charge is 0.333 e. The van der Waals surface area contributed by atoms with Crippen LogP contribution < -0.4 is 17.2 Å². The van der Waals surface area contributed by atoms with E-state index in [1.165, 1.54) is 0 Å². The average Bonchev–Trinajstić information content (AvgIpc) is 2.51. The molecule has 0 saturated heterocycles. The van der Waals surface area contributed by atoms with Gasteiger partial charge < -0.3 is 27.0 Å². The molecule has 0 spiro atoms. The minimum absolute atomic E-state index is 0.0214. The summed E-state index contributed by atoms with van der Waals surface area (Å²) < 4.78 is 5.78. The van der Waals surface area contributed by atoms with E-state index >= 15 is 0 Å². The molecule has 0 unspecified atom stereocenters. The van der Waals surface area contributed by atoms with Gasteiger partial charge in [-0.2, -0.15) is 0 Å². The van der Waals surface area contributed by atoms with E-state index in [2.05, 4.69) is 0 Å². The van der Waals surface area contributed by atoms with Gasteiger partial charge in [0.1, 0.15) is 5.76 Å². The third-order valence-electron chi connectivity index (χ3n) is 3.37. The Morgan fingerprint density at radius 2 is 1.64 bits per heavy atom. The Morgan fingerprint density at radius 3 is 2.14 bits per heavy atom. The summed E-state index contributed by atoms with van der Waals surface area (Å²) in [6.07, 6.45) is 7.14. The summed E-state index contributed by atoms with van der Waals surface area (Å²) in [4.78, 5) is 11.3. The van der Waals surface area contributed by atoms with Crippen LogP contribution in [-0.2, 0) is 9.53 Å². The molecule has 0 radical (unpaired) electrons. The van der Waals surface area contributed by atoms with Crippen LogP contribution >= 0.6 is 0 Å². The molecule has 0 aromatic rings. The van der Waals surface area contributed by atoms with Crippen molar-refractivity contribution in [2.45, 2.75) is 45.4 Å². The minimum atomic E-state index is -1.000. The number of ether oxygens (including phenoxy) is 1. The molecule has 0 aromatic carbocycles. The van der Waals surface area contributed by atoms with Crippen LogP contribution in [0.1, 0.15) is 45.4 Å². The van der Waals surface area contributed by atoms with Crippen LogP contribution in [0, 0.1) is 0 Å². The Labute approximate surface area is 133 Å². The molecule has 0 saturated carbocycles. The van der Waals surface area contributed by atoms with Gasteiger partial charge in [0, 0.05) is 12.1 Å². The Balaban J connectivity index is 4.76. The summed E-state index contributed by atoms with van der Waals surface area (Å²) in [5, 5.41) is 9.29. The number of nitrogens with two attached hydrogens (primary N) is 3. The van der Waals surface area contributed by atoms with Crippen LogP contribution in [0.5, 0.6) is 0 Å². The molecule has 0 rings (SSSR count). The summed E-state index contributed by atoms with van der Waals surface area (Å²) in [5.41, 5.74) is 17.4. The lowest BCUT2D eigenvalue weighted by Crippen LogP contribution is -2.17. The molecule has 0 heterocycles. The first-order valence-electron chi connectivity index (χ1n) is 7.97. The Hall–Kier alpha value is -1.37. The van der Waals surface area contributed by atoms with Gasteiger partial charge in [-0.15, -0.1) is 0 Å². The van der Waals surface area contributed by atoms with E-state index in [9.17, 15) is 9.90 Å². The summed E-state index contributed by atoms with van der Waals surface area (Å²) in [5.74, 6) is -0.393. The second kappa shape index (κ2) is 13.3. The molecule has 6 heteroatoms. The molecule has 128 valence electrons. The second-order valence-electron chi connectivity index (χ2n) is 5.06. The molecule has 0 aliphatic rings. The topological polar surface area (TPSA) is 125 Å². The van der Waals surface area contributed by atoms with Gasteiger partial charge in [-0.05, 0) is 51.8 Å². The monoisotopic (exact) mass is 313 g/mol. The Kier molecular flexibility index (Phi) is 12.5. The number of hydrogen-bond acceptors (Lipinski definition) is 5. The molecule has 0 amide bonds. The summed E-state index contributed by atoms with van der Waals surface area (Å²) in [7, 11) is 0. The van der Waals surface area contributed by atoms with Gasteiger partial charge in [0.15, 0.2) is 0 Å². The van der Waals surface area contributed by atoms with E-state index in [4.69, 9.17) is 21.9 Å². The first-order valence-corrected chi connectivity index (χ1v) is 7.97. The molecule has 7 N–H and O–H groups in total. The number of carbonyl (C=O) groups is 1. The molecule has 22 heavy (non-hydrogen) atoms. The molecule has 0 bridgehead atoms. The fraction of sp³-hybridized carbons (Fsp3) is 0.688. The van der Waals surface area contributed by atoms with Gasteiger partial charge in [0.2, 0.25) is 0 Å². The normalized spacial score (nSPS) is 13.0. The van der Waals surface area contributed by atoms with Crippen molar-refractivity contribution in [2.75, 3.05) is 26.2 Å². The lowest BCUT2D eigenvalue weighted by atomic mass is 10.0. The Bertz CT molecular complexity index is 379. The Morgan fingerprint density at radius 1 is 1.00 bits per heavy atom. The van der Waals surface area contributed by atoms with Crippen molar-refractivity contribution >= 4 is 5.97 Å². The average molecular weight is 313 g/mol. The zero-order valence-electron chi connectivity index (χ0n) is 13.6. The van der Waals surface area contributed by atoms with Crippen molar-refractivity contribution in [3.63, 3.8) is 0 Å². The van der Waals surface area contributed by atoms with Gasteiger partial charge >= 0.3 is 5.97 Å². The maximum atomic E-state index is 11.3. The SMILES string of the molecule is C/C=C(OCCCCCCN)\C(CCCN)=C(\CN)C(=O)O. The van der Waals surface area contributed by atoms with Crippen LogP contribution in [0.2, 0.25) is 0 Å². The zero-order valence-corrected chi connectivity index (χ0v) is 13.6. The third kappa shape index (κ3) is 8.17. The van der Waals surface area contributed by atoms with E-state index < -0.39 is 5.97 Å². The predicted octanol–water partition coefficient (Wildman–Crippen LogP) is 1.50. The first kappa shape index (κ1) is 20.6. The van der Waals surface area contributed by atoms with Crippen LogP contribution in [0.25, 0.3) is 0 Å². The summed E-state index contributed by atoms with van der Waals surface area (Å²) in [6.45, 7) is 3.59. The number of unbranched alkanes of at least 4 members (excludes halogenated alkanes) is 3. The van der Waals surface area contributed by atoms with Crippen molar-refractivity contribution in [3.8, 4) is 0 Å². The van der Waals surface area contributed by atoms with Crippen molar-refractivity contribution in [2.24, 2.45) is 17.2 Å². The molecular formula is C16H31N3O3. The molecule has 0 fully saturated rings. The van der Waals surface area contributed by atoms with Crippen molar-refractivity contribution in [1.82, 2.24) is 0 Å². The van der Waals surface area contributed by atoms with Gasteiger partial charge in [-0.1, -0.05) is 12.8 Å². The number of carboxylic acids is 1. The van der Waals surface area contributed by atoms with Crippen molar-refractivity contribution in [1.29, 1.82) is 0 Å². The van der Waals surface area contributed by atoms with E-state index in [-0.39, 0.29) is 12.1 Å². The fourth-order valence-corrected chi connectivity index (χ4v) is 2.17. The number of aliphatic carboxylic acids is 1. The van der Waals surface area contributed by atoms with Crippen LogP contribution in [0.15, 0.2) is 23.0 Å². The van der Waals surface area contributed by atoms with Crippen LogP contribution in [0.3, 0.4) is 0 Å². The highest BCUT2D eigenvalue weighted by molar-refractivity contribution is 5.88. The number of rotatable bonds is 13.